The Kier molecular flexibility index (Phi) is 11.8. The molecule has 0 aromatic heterocycles. The summed E-state index contributed by atoms with van der Waals surface area (Å²) in [6.45, 7) is 5.49. The summed E-state index contributed by atoms with van der Waals surface area (Å²) >= 11 is 0. The molecule has 0 heterocycles. The molecule has 0 radical (unpaired) electrons. The van der Waals surface area contributed by atoms with Gasteiger partial charge in [-0.3, -0.25) is 19.2 Å². The van der Waals surface area contributed by atoms with Crippen LogP contribution in [0, 0.1) is 6.92 Å². The van der Waals surface area contributed by atoms with Crippen molar-refractivity contribution in [3.8, 4) is 0 Å². The molecular weight excluding hydrogens is 472 g/mol. The van der Waals surface area contributed by atoms with Gasteiger partial charge in [0.05, 0.1) is 13.7 Å². The number of nitrogens with zero attached hydrogens (tertiary/aromatic N) is 1. The number of aliphatic hydroxyl groups is 1. The molecule has 2 atom stereocenters. The average Bonchev–Trinajstić information content (AvgIpc) is 2.78. The lowest BCUT2D eigenvalue weighted by molar-refractivity contribution is -0.145. The SMILES string of the molecule is COC(=O)CNC(=O)C(c1cccc(C)c1)N(CCO)C(=O)C(CCC(N)=O)NC(=O)OC(C)(C)C. The fourth-order valence-electron chi connectivity index (χ4n) is 3.31. The second-order valence-electron chi connectivity index (χ2n) is 9.07. The summed E-state index contributed by atoms with van der Waals surface area (Å²) in [5.41, 5.74) is 5.60. The third kappa shape index (κ3) is 10.3. The van der Waals surface area contributed by atoms with E-state index in [0.717, 1.165) is 10.5 Å². The van der Waals surface area contributed by atoms with Crippen LogP contribution in [-0.2, 0) is 28.7 Å². The number of nitrogens with two attached hydrogens (primary N) is 1. The number of hydrogen-bond donors (Lipinski definition) is 4. The minimum atomic E-state index is -1.29. The maximum atomic E-state index is 13.7. The van der Waals surface area contributed by atoms with Crippen LogP contribution in [-0.4, -0.2) is 78.2 Å². The molecule has 0 aliphatic carbocycles. The summed E-state index contributed by atoms with van der Waals surface area (Å²) in [7, 11) is 1.17. The molecule has 1 aromatic rings. The molecule has 0 saturated heterocycles. The average molecular weight is 509 g/mol. The monoisotopic (exact) mass is 508 g/mol. The predicted molar refractivity (Wildman–Crippen MR) is 129 cm³/mol. The first kappa shape index (κ1) is 30.4. The summed E-state index contributed by atoms with van der Waals surface area (Å²) in [6, 6.07) is 4.22. The normalized spacial score (nSPS) is 12.6. The number of methoxy groups -OCH3 is 1. The van der Waals surface area contributed by atoms with Gasteiger partial charge in [-0.25, -0.2) is 4.79 Å². The van der Waals surface area contributed by atoms with Crippen molar-refractivity contribution in [2.75, 3.05) is 26.8 Å². The van der Waals surface area contributed by atoms with E-state index in [1.165, 1.54) is 7.11 Å². The third-order valence-electron chi connectivity index (χ3n) is 4.84. The Hall–Kier alpha value is -3.67. The van der Waals surface area contributed by atoms with Crippen LogP contribution in [0.3, 0.4) is 0 Å². The zero-order chi connectivity index (χ0) is 27.5. The molecule has 0 saturated carbocycles. The highest BCUT2D eigenvalue weighted by Crippen LogP contribution is 2.24. The second-order valence-corrected chi connectivity index (χ2v) is 9.07. The summed E-state index contributed by atoms with van der Waals surface area (Å²) < 4.78 is 9.79. The summed E-state index contributed by atoms with van der Waals surface area (Å²) in [5, 5.41) is 14.6. The molecule has 0 fully saturated rings. The number of aliphatic hydroxyl groups excluding tert-OH is 1. The quantitative estimate of drug-likeness (QED) is 0.291. The first-order chi connectivity index (χ1) is 16.8. The van der Waals surface area contributed by atoms with E-state index in [4.69, 9.17) is 10.5 Å². The zero-order valence-corrected chi connectivity index (χ0v) is 21.3. The number of esters is 1. The molecule has 0 aliphatic heterocycles. The number of alkyl carbamates (subject to hydrolysis) is 1. The van der Waals surface area contributed by atoms with Crippen molar-refractivity contribution in [2.24, 2.45) is 5.73 Å². The fourth-order valence-corrected chi connectivity index (χ4v) is 3.31. The van der Waals surface area contributed by atoms with E-state index in [2.05, 4.69) is 15.4 Å². The van der Waals surface area contributed by atoms with Crippen LogP contribution in [0.25, 0.3) is 0 Å². The minimum absolute atomic E-state index is 0.167. The number of primary amides is 1. The van der Waals surface area contributed by atoms with Gasteiger partial charge in [0.25, 0.3) is 0 Å². The van der Waals surface area contributed by atoms with Gasteiger partial charge in [-0.15, -0.1) is 0 Å². The molecule has 12 heteroatoms. The Bertz CT molecular complexity index is 944. The molecule has 0 bridgehead atoms. The molecule has 1 rings (SSSR count). The largest absolute Gasteiger partial charge is 0.468 e. The molecule has 0 aliphatic rings. The van der Waals surface area contributed by atoms with Crippen molar-refractivity contribution < 1.29 is 38.6 Å². The van der Waals surface area contributed by atoms with Gasteiger partial charge in [0.1, 0.15) is 24.2 Å². The summed E-state index contributed by atoms with van der Waals surface area (Å²) in [4.78, 5) is 63.4. The van der Waals surface area contributed by atoms with Crippen molar-refractivity contribution in [2.45, 2.75) is 58.2 Å². The highest BCUT2D eigenvalue weighted by atomic mass is 16.6. The standard InChI is InChI=1S/C24H36N4O8/c1-15-7-6-8-16(13-15)20(21(32)26-14-19(31)35-5)28(11-12-29)22(33)17(9-10-18(25)30)27-23(34)36-24(2,3)4/h6-8,13,17,20,29H,9-12,14H2,1-5H3,(H2,25,30)(H,26,32)(H,27,34). The fraction of sp³-hybridized carbons (Fsp3) is 0.542. The number of rotatable bonds is 12. The summed E-state index contributed by atoms with van der Waals surface area (Å²) in [6.07, 6.45) is -1.31. The van der Waals surface area contributed by atoms with Crippen molar-refractivity contribution in [3.63, 3.8) is 0 Å². The highest BCUT2D eigenvalue weighted by Gasteiger charge is 2.36. The van der Waals surface area contributed by atoms with Gasteiger partial charge in [-0.2, -0.15) is 0 Å². The number of ether oxygens (including phenoxy) is 2. The molecule has 200 valence electrons. The van der Waals surface area contributed by atoms with Gasteiger partial charge >= 0.3 is 12.1 Å². The third-order valence-corrected chi connectivity index (χ3v) is 4.84. The minimum Gasteiger partial charge on any atom is -0.468 e. The Balaban J connectivity index is 3.42. The number of hydrogen-bond acceptors (Lipinski definition) is 8. The number of carbonyl (C=O) groups is 5. The highest BCUT2D eigenvalue weighted by molar-refractivity contribution is 5.93. The van der Waals surface area contributed by atoms with Crippen LogP contribution < -0.4 is 16.4 Å². The molecule has 5 N–H and O–H groups in total. The van der Waals surface area contributed by atoms with E-state index >= 15 is 0 Å². The van der Waals surface area contributed by atoms with E-state index in [0.29, 0.717) is 5.56 Å². The van der Waals surface area contributed by atoms with E-state index in [-0.39, 0.29) is 19.4 Å². The van der Waals surface area contributed by atoms with Crippen LogP contribution in [0.5, 0.6) is 0 Å². The van der Waals surface area contributed by atoms with Gasteiger partial charge in [-0.1, -0.05) is 29.8 Å². The Morgan fingerprint density at radius 3 is 2.36 bits per heavy atom. The number of nitrogens with one attached hydrogen (secondary N) is 2. The first-order valence-electron chi connectivity index (χ1n) is 11.4. The first-order valence-corrected chi connectivity index (χ1v) is 11.4. The lowest BCUT2D eigenvalue weighted by Crippen LogP contribution is -2.54. The maximum Gasteiger partial charge on any atom is 0.408 e. The van der Waals surface area contributed by atoms with Crippen LogP contribution in [0.2, 0.25) is 0 Å². The number of benzene rings is 1. The maximum absolute atomic E-state index is 13.7. The van der Waals surface area contributed by atoms with Crippen molar-refractivity contribution in [1.82, 2.24) is 15.5 Å². The lowest BCUT2D eigenvalue weighted by atomic mass is 10.00. The Morgan fingerprint density at radius 2 is 1.83 bits per heavy atom. The Morgan fingerprint density at radius 1 is 1.17 bits per heavy atom. The van der Waals surface area contributed by atoms with Gasteiger partial charge < -0.3 is 35.8 Å². The number of aryl methyl sites for hydroxylation is 1. The molecule has 0 spiro atoms. The second kappa shape index (κ2) is 14.0. The van der Waals surface area contributed by atoms with Gasteiger partial charge in [-0.05, 0) is 39.7 Å². The molecular formula is C24H36N4O8. The van der Waals surface area contributed by atoms with E-state index in [9.17, 15) is 29.1 Å². The van der Waals surface area contributed by atoms with Crippen LogP contribution >= 0.6 is 0 Å². The van der Waals surface area contributed by atoms with Crippen LogP contribution in [0.15, 0.2) is 24.3 Å². The lowest BCUT2D eigenvalue weighted by Gasteiger charge is -2.34. The van der Waals surface area contributed by atoms with Crippen LogP contribution in [0.4, 0.5) is 4.79 Å². The van der Waals surface area contributed by atoms with E-state index < -0.39 is 60.6 Å². The van der Waals surface area contributed by atoms with Crippen molar-refractivity contribution >= 4 is 29.8 Å². The van der Waals surface area contributed by atoms with Crippen LogP contribution in [0.1, 0.15) is 50.8 Å². The number of carbonyl (C=O) groups excluding carboxylic acids is 5. The topological polar surface area (TPSA) is 177 Å². The summed E-state index contributed by atoms with van der Waals surface area (Å²) in [5.74, 6) is -2.86. The molecule has 1 aromatic carbocycles. The smallest absolute Gasteiger partial charge is 0.408 e. The zero-order valence-electron chi connectivity index (χ0n) is 21.3. The van der Waals surface area contributed by atoms with Crippen molar-refractivity contribution in [1.29, 1.82) is 0 Å². The van der Waals surface area contributed by atoms with Gasteiger partial charge in [0.2, 0.25) is 17.7 Å². The molecule has 2 unspecified atom stereocenters. The number of amides is 4. The predicted octanol–water partition coefficient (Wildman–Crippen LogP) is 0.305. The van der Waals surface area contributed by atoms with Gasteiger partial charge in [0.15, 0.2) is 0 Å². The van der Waals surface area contributed by atoms with Crippen molar-refractivity contribution in [3.05, 3.63) is 35.4 Å². The van der Waals surface area contributed by atoms with E-state index in [1.54, 1.807) is 52.0 Å². The molecule has 36 heavy (non-hydrogen) atoms. The molecule has 12 nitrogen and oxygen atoms in total. The Labute approximate surface area is 210 Å². The molecule has 4 amide bonds. The van der Waals surface area contributed by atoms with Gasteiger partial charge in [0, 0.05) is 13.0 Å². The van der Waals surface area contributed by atoms with E-state index in [1.807, 2.05) is 0 Å².